The topological polar surface area (TPSA) is 74.8 Å². The highest BCUT2D eigenvalue weighted by molar-refractivity contribution is 7.89. The van der Waals surface area contributed by atoms with Crippen molar-refractivity contribution < 1.29 is 16.8 Å². The van der Waals surface area contributed by atoms with Crippen LogP contribution in [0.4, 0.5) is 0 Å². The van der Waals surface area contributed by atoms with Crippen LogP contribution in [-0.2, 0) is 20.0 Å². The summed E-state index contributed by atoms with van der Waals surface area (Å²) in [7, 11) is -7.39. The van der Waals surface area contributed by atoms with Crippen LogP contribution in [0.5, 0.6) is 0 Å². The molecule has 33 heavy (non-hydrogen) atoms. The van der Waals surface area contributed by atoms with E-state index in [0.717, 1.165) is 16.7 Å². The molecule has 0 N–H and O–H groups in total. The Balaban J connectivity index is 1.67. The maximum absolute atomic E-state index is 13.4. The van der Waals surface area contributed by atoms with Crippen LogP contribution in [0.15, 0.2) is 82.2 Å². The van der Waals surface area contributed by atoms with Crippen molar-refractivity contribution in [2.45, 2.75) is 49.9 Å². The van der Waals surface area contributed by atoms with E-state index in [9.17, 15) is 16.8 Å². The van der Waals surface area contributed by atoms with Crippen molar-refractivity contribution in [1.29, 1.82) is 0 Å². The number of piperidine rings is 1. The second-order valence-electron chi connectivity index (χ2n) is 9.22. The number of sulfonamides is 2. The van der Waals surface area contributed by atoms with Gasteiger partial charge in [-0.15, -0.1) is 0 Å². The highest BCUT2D eigenvalue weighted by atomic mass is 32.2. The summed E-state index contributed by atoms with van der Waals surface area (Å²) in [5.74, 6) is 0. The molecule has 4 rings (SSSR count). The number of hydrogen-bond acceptors (Lipinski definition) is 4. The van der Waals surface area contributed by atoms with Crippen LogP contribution in [-0.4, -0.2) is 44.6 Å². The summed E-state index contributed by atoms with van der Waals surface area (Å²) < 4.78 is 56.3. The normalized spacial score (nSPS) is 24.2. The van der Waals surface area contributed by atoms with Gasteiger partial charge in [0.05, 0.1) is 15.8 Å². The fourth-order valence-corrected chi connectivity index (χ4v) is 7.39. The lowest BCUT2D eigenvalue weighted by Gasteiger charge is -2.40. The first-order valence-electron chi connectivity index (χ1n) is 11.0. The van der Waals surface area contributed by atoms with Crippen LogP contribution in [0.3, 0.4) is 0 Å². The van der Waals surface area contributed by atoms with Gasteiger partial charge >= 0.3 is 0 Å². The second kappa shape index (κ2) is 8.42. The fourth-order valence-electron chi connectivity index (χ4n) is 4.34. The molecule has 6 nitrogen and oxygen atoms in total. The molecule has 2 aromatic rings. The molecule has 8 heteroatoms. The summed E-state index contributed by atoms with van der Waals surface area (Å²) in [6.45, 7) is 8.21. The molecule has 0 radical (unpaired) electrons. The third kappa shape index (κ3) is 4.39. The molecule has 2 atom stereocenters. The van der Waals surface area contributed by atoms with E-state index in [-0.39, 0.29) is 16.3 Å². The summed E-state index contributed by atoms with van der Waals surface area (Å²) in [4.78, 5) is 0.520. The maximum atomic E-state index is 13.4. The zero-order valence-corrected chi connectivity index (χ0v) is 21.0. The van der Waals surface area contributed by atoms with Crippen LogP contribution in [0.1, 0.15) is 31.4 Å². The first-order valence-corrected chi connectivity index (χ1v) is 13.9. The average Bonchev–Trinajstić information content (AvgIpc) is 2.90. The van der Waals surface area contributed by atoms with Crippen LogP contribution in [0.25, 0.3) is 0 Å². The van der Waals surface area contributed by atoms with Gasteiger partial charge in [-0.25, -0.2) is 16.8 Å². The summed E-state index contributed by atoms with van der Waals surface area (Å²) in [5.41, 5.74) is 2.31. The van der Waals surface area contributed by atoms with E-state index in [0.29, 0.717) is 13.0 Å². The van der Waals surface area contributed by atoms with Crippen LogP contribution in [0.2, 0.25) is 0 Å². The minimum absolute atomic E-state index is 0.244. The number of nitrogens with zero attached hydrogens (tertiary/aromatic N) is 2. The molecule has 0 saturated carbocycles. The summed E-state index contributed by atoms with van der Waals surface area (Å²) in [6.07, 6.45) is 6.00. The zero-order valence-electron chi connectivity index (χ0n) is 19.4. The fraction of sp³-hybridized carbons (Fsp3) is 0.360. The van der Waals surface area contributed by atoms with Crippen molar-refractivity contribution in [3.63, 3.8) is 0 Å². The number of benzene rings is 2. The van der Waals surface area contributed by atoms with Gasteiger partial charge in [-0.2, -0.15) is 4.31 Å². The van der Waals surface area contributed by atoms with Crippen molar-refractivity contribution in [2.24, 2.45) is 5.41 Å². The van der Waals surface area contributed by atoms with E-state index in [1.54, 1.807) is 54.7 Å². The third-order valence-electron chi connectivity index (χ3n) is 6.55. The van der Waals surface area contributed by atoms with Gasteiger partial charge in [0, 0.05) is 24.7 Å². The molecule has 176 valence electrons. The number of aryl methyl sites for hydroxylation is 2. The van der Waals surface area contributed by atoms with E-state index in [1.165, 1.54) is 8.61 Å². The van der Waals surface area contributed by atoms with Gasteiger partial charge in [-0.05, 0) is 57.0 Å². The number of fused-ring (bicyclic) bond motifs is 1. The van der Waals surface area contributed by atoms with Crippen LogP contribution in [0, 0.1) is 19.3 Å². The van der Waals surface area contributed by atoms with Gasteiger partial charge < -0.3 is 0 Å². The van der Waals surface area contributed by atoms with Gasteiger partial charge in [0.2, 0.25) is 10.0 Å². The van der Waals surface area contributed by atoms with E-state index in [1.807, 2.05) is 39.8 Å². The highest BCUT2D eigenvalue weighted by Crippen LogP contribution is 2.41. The largest absolute Gasteiger partial charge is 0.267 e. The lowest BCUT2D eigenvalue weighted by molar-refractivity contribution is 0.279. The predicted molar refractivity (Wildman–Crippen MR) is 130 cm³/mol. The monoisotopic (exact) mass is 486 g/mol. The molecule has 0 bridgehead atoms. The van der Waals surface area contributed by atoms with Crippen LogP contribution < -0.4 is 0 Å². The molecule has 2 aliphatic rings. The van der Waals surface area contributed by atoms with E-state index < -0.39 is 31.5 Å². The standard InChI is InChI=1S/C25H30N2O4S2/c1-19-5-9-23(10-6-19)32(28,29)26-16-14-22-17-27(21(3)13-15-25(22,4)18-26)33(30,31)24-11-7-20(2)8-12-24/h5-13,15,17,21H,14,16,18H2,1-4H3/t21-,25-/m0/s1. The van der Waals surface area contributed by atoms with Gasteiger partial charge in [0.25, 0.3) is 10.0 Å². The number of rotatable bonds is 4. The first kappa shape index (κ1) is 23.7. The van der Waals surface area contributed by atoms with E-state index in [4.69, 9.17) is 0 Å². The maximum Gasteiger partial charge on any atom is 0.264 e. The minimum atomic E-state index is -3.74. The van der Waals surface area contributed by atoms with Crippen molar-refractivity contribution in [1.82, 2.24) is 8.61 Å². The van der Waals surface area contributed by atoms with Crippen molar-refractivity contribution in [3.05, 3.63) is 83.6 Å². The summed E-state index contributed by atoms with van der Waals surface area (Å²) >= 11 is 0. The van der Waals surface area contributed by atoms with Crippen molar-refractivity contribution in [3.8, 4) is 0 Å². The Morgan fingerprint density at radius 3 is 1.91 bits per heavy atom. The van der Waals surface area contributed by atoms with Crippen LogP contribution >= 0.6 is 0 Å². The average molecular weight is 487 g/mol. The molecule has 0 aromatic heterocycles. The zero-order chi connectivity index (χ0) is 24.0. The lowest BCUT2D eigenvalue weighted by atomic mass is 9.78. The molecular weight excluding hydrogens is 456 g/mol. The third-order valence-corrected chi connectivity index (χ3v) is 10.3. The Labute approximate surface area is 197 Å². The molecule has 0 unspecified atom stereocenters. The quantitative estimate of drug-likeness (QED) is 0.606. The summed E-state index contributed by atoms with van der Waals surface area (Å²) in [6, 6.07) is 13.3. The first-order chi connectivity index (χ1) is 15.4. The molecule has 2 aromatic carbocycles. The molecule has 2 heterocycles. The van der Waals surface area contributed by atoms with Gasteiger partial charge in [-0.1, -0.05) is 54.5 Å². The molecule has 1 saturated heterocycles. The van der Waals surface area contributed by atoms with E-state index in [2.05, 4.69) is 0 Å². The Kier molecular flexibility index (Phi) is 6.05. The second-order valence-corrected chi connectivity index (χ2v) is 13.0. The predicted octanol–water partition coefficient (Wildman–Crippen LogP) is 4.24. The van der Waals surface area contributed by atoms with Crippen molar-refractivity contribution in [2.75, 3.05) is 13.1 Å². The molecule has 0 amide bonds. The molecular formula is C25H30N2O4S2. The van der Waals surface area contributed by atoms with Crippen molar-refractivity contribution >= 4 is 20.0 Å². The van der Waals surface area contributed by atoms with E-state index >= 15 is 0 Å². The SMILES string of the molecule is Cc1ccc(S(=O)(=O)N2CCC3=CN(S(=O)(=O)c4ccc(C)cc4)[C@@H](C)C=C[C@@]3(C)C2)cc1. The smallest absolute Gasteiger partial charge is 0.264 e. The Hall–Kier alpha value is -2.42. The molecule has 1 fully saturated rings. The Morgan fingerprint density at radius 1 is 0.848 bits per heavy atom. The highest BCUT2D eigenvalue weighted by Gasteiger charge is 2.41. The minimum Gasteiger partial charge on any atom is -0.267 e. The lowest BCUT2D eigenvalue weighted by Crippen LogP contribution is -2.45. The summed E-state index contributed by atoms with van der Waals surface area (Å²) in [5, 5.41) is 0. The molecule has 0 aliphatic carbocycles. The Morgan fingerprint density at radius 2 is 1.36 bits per heavy atom. The van der Waals surface area contributed by atoms with Gasteiger partial charge in [0.15, 0.2) is 0 Å². The van der Waals surface area contributed by atoms with Gasteiger partial charge in [-0.3, -0.25) is 4.31 Å². The molecule has 2 aliphatic heterocycles. The molecule has 0 spiro atoms. The Bertz CT molecular complexity index is 1310. The van der Waals surface area contributed by atoms with Gasteiger partial charge in [0.1, 0.15) is 0 Å². The number of hydrogen-bond donors (Lipinski definition) is 0.